The van der Waals surface area contributed by atoms with E-state index in [9.17, 15) is 9.18 Å². The molecule has 3 nitrogen and oxygen atoms in total. The van der Waals surface area contributed by atoms with Gasteiger partial charge in [-0.15, -0.1) is 0 Å². The van der Waals surface area contributed by atoms with E-state index in [1.807, 2.05) is 13.8 Å². The lowest BCUT2D eigenvalue weighted by atomic mass is 9.85. The molecule has 2 atom stereocenters. The lowest BCUT2D eigenvalue weighted by Crippen LogP contribution is -2.32. The SMILES string of the molecule is Cc1cc(C(N)C(C(=O)O)C(C)C)ccc1F. The van der Waals surface area contributed by atoms with Gasteiger partial charge in [0.2, 0.25) is 0 Å². The zero-order valence-electron chi connectivity index (χ0n) is 10.3. The number of halogens is 1. The summed E-state index contributed by atoms with van der Waals surface area (Å²) in [6, 6.07) is 3.86. The third-order valence-electron chi connectivity index (χ3n) is 2.96. The normalized spacial score (nSPS) is 14.7. The summed E-state index contributed by atoms with van der Waals surface area (Å²) < 4.78 is 13.1. The molecule has 4 heteroatoms. The van der Waals surface area contributed by atoms with Gasteiger partial charge < -0.3 is 10.8 Å². The van der Waals surface area contributed by atoms with Crippen LogP contribution in [-0.2, 0) is 4.79 Å². The molecule has 0 amide bonds. The molecular weight excluding hydrogens is 221 g/mol. The Hall–Kier alpha value is -1.42. The van der Waals surface area contributed by atoms with Crippen molar-refractivity contribution in [1.29, 1.82) is 0 Å². The van der Waals surface area contributed by atoms with Gasteiger partial charge in [-0.2, -0.15) is 0 Å². The van der Waals surface area contributed by atoms with Crippen LogP contribution in [0, 0.1) is 24.6 Å². The molecule has 2 unspecified atom stereocenters. The Balaban J connectivity index is 3.05. The summed E-state index contributed by atoms with van der Waals surface area (Å²) in [5.74, 6) is -1.97. The molecule has 0 saturated carbocycles. The second-order valence-corrected chi connectivity index (χ2v) is 4.64. The number of carbonyl (C=O) groups is 1. The molecule has 0 heterocycles. The Labute approximate surface area is 100 Å². The van der Waals surface area contributed by atoms with Crippen molar-refractivity contribution < 1.29 is 14.3 Å². The van der Waals surface area contributed by atoms with Crippen LogP contribution in [-0.4, -0.2) is 11.1 Å². The summed E-state index contributed by atoms with van der Waals surface area (Å²) in [4.78, 5) is 11.2. The largest absolute Gasteiger partial charge is 0.481 e. The van der Waals surface area contributed by atoms with Gasteiger partial charge in [-0.25, -0.2) is 4.39 Å². The van der Waals surface area contributed by atoms with Crippen LogP contribution in [0.2, 0.25) is 0 Å². The standard InChI is InChI=1S/C13H18FNO2/c1-7(2)11(13(16)17)12(15)9-4-5-10(14)8(3)6-9/h4-7,11-12H,15H2,1-3H3,(H,16,17). The van der Waals surface area contributed by atoms with E-state index in [4.69, 9.17) is 10.8 Å². The number of hydrogen-bond donors (Lipinski definition) is 2. The van der Waals surface area contributed by atoms with Crippen molar-refractivity contribution in [2.45, 2.75) is 26.8 Å². The van der Waals surface area contributed by atoms with Crippen molar-refractivity contribution in [1.82, 2.24) is 0 Å². The number of benzene rings is 1. The van der Waals surface area contributed by atoms with Crippen LogP contribution in [0.25, 0.3) is 0 Å². The molecule has 1 aromatic carbocycles. The topological polar surface area (TPSA) is 63.3 Å². The minimum atomic E-state index is -0.922. The Morgan fingerprint density at radius 1 is 1.41 bits per heavy atom. The molecule has 0 fully saturated rings. The van der Waals surface area contributed by atoms with Gasteiger partial charge in [0.05, 0.1) is 5.92 Å². The highest BCUT2D eigenvalue weighted by molar-refractivity contribution is 5.71. The van der Waals surface area contributed by atoms with Gasteiger partial charge in [0, 0.05) is 6.04 Å². The van der Waals surface area contributed by atoms with E-state index < -0.39 is 17.9 Å². The fourth-order valence-electron chi connectivity index (χ4n) is 1.94. The third-order valence-corrected chi connectivity index (χ3v) is 2.96. The lowest BCUT2D eigenvalue weighted by molar-refractivity contribution is -0.144. The monoisotopic (exact) mass is 239 g/mol. The zero-order valence-corrected chi connectivity index (χ0v) is 10.3. The maximum atomic E-state index is 13.1. The molecule has 17 heavy (non-hydrogen) atoms. The van der Waals surface area contributed by atoms with Crippen molar-refractivity contribution in [2.75, 3.05) is 0 Å². The zero-order chi connectivity index (χ0) is 13.2. The first-order valence-electron chi connectivity index (χ1n) is 5.59. The van der Waals surface area contributed by atoms with Crippen LogP contribution in [0.3, 0.4) is 0 Å². The fraction of sp³-hybridized carbons (Fsp3) is 0.462. The van der Waals surface area contributed by atoms with Gasteiger partial charge in [-0.05, 0) is 30.0 Å². The van der Waals surface area contributed by atoms with E-state index in [1.54, 1.807) is 19.1 Å². The Morgan fingerprint density at radius 2 is 2.00 bits per heavy atom. The maximum absolute atomic E-state index is 13.1. The second kappa shape index (κ2) is 5.27. The van der Waals surface area contributed by atoms with Crippen LogP contribution < -0.4 is 5.73 Å². The molecule has 1 rings (SSSR count). The van der Waals surface area contributed by atoms with Gasteiger partial charge in [-0.1, -0.05) is 26.0 Å². The van der Waals surface area contributed by atoms with E-state index in [1.165, 1.54) is 6.07 Å². The molecule has 0 saturated heterocycles. The highest BCUT2D eigenvalue weighted by Crippen LogP contribution is 2.27. The minimum Gasteiger partial charge on any atom is -0.481 e. The van der Waals surface area contributed by atoms with Crippen LogP contribution in [0.4, 0.5) is 4.39 Å². The predicted molar refractivity (Wildman–Crippen MR) is 64.0 cm³/mol. The molecule has 0 spiro atoms. The molecule has 1 aromatic rings. The number of aliphatic carboxylic acids is 1. The van der Waals surface area contributed by atoms with E-state index in [0.717, 1.165) is 0 Å². The predicted octanol–water partition coefficient (Wildman–Crippen LogP) is 2.49. The quantitative estimate of drug-likeness (QED) is 0.848. The summed E-state index contributed by atoms with van der Waals surface area (Å²) >= 11 is 0. The van der Waals surface area contributed by atoms with Gasteiger partial charge in [-0.3, -0.25) is 4.79 Å². The van der Waals surface area contributed by atoms with E-state index >= 15 is 0 Å². The molecule has 3 N–H and O–H groups in total. The summed E-state index contributed by atoms with van der Waals surface area (Å²) in [5, 5.41) is 9.15. The van der Waals surface area contributed by atoms with E-state index in [-0.39, 0.29) is 11.7 Å². The first-order valence-corrected chi connectivity index (χ1v) is 5.59. The van der Waals surface area contributed by atoms with E-state index in [2.05, 4.69) is 0 Å². The molecular formula is C13H18FNO2. The van der Waals surface area contributed by atoms with Crippen molar-refractivity contribution in [3.63, 3.8) is 0 Å². The van der Waals surface area contributed by atoms with Crippen LogP contribution in [0.1, 0.15) is 31.0 Å². The molecule has 0 aliphatic heterocycles. The van der Waals surface area contributed by atoms with Gasteiger partial charge in [0.15, 0.2) is 0 Å². The number of carboxylic acids is 1. The van der Waals surface area contributed by atoms with Crippen molar-refractivity contribution in [2.24, 2.45) is 17.6 Å². The Bertz CT molecular complexity index is 418. The van der Waals surface area contributed by atoms with Crippen molar-refractivity contribution in [3.05, 3.63) is 35.1 Å². The highest BCUT2D eigenvalue weighted by Gasteiger charge is 2.29. The highest BCUT2D eigenvalue weighted by atomic mass is 19.1. The molecule has 94 valence electrons. The second-order valence-electron chi connectivity index (χ2n) is 4.64. The Morgan fingerprint density at radius 3 is 2.41 bits per heavy atom. The number of carboxylic acid groups (broad SMARTS) is 1. The number of aryl methyl sites for hydroxylation is 1. The van der Waals surface area contributed by atoms with Crippen LogP contribution >= 0.6 is 0 Å². The van der Waals surface area contributed by atoms with Crippen LogP contribution in [0.15, 0.2) is 18.2 Å². The smallest absolute Gasteiger partial charge is 0.308 e. The van der Waals surface area contributed by atoms with Gasteiger partial charge >= 0.3 is 5.97 Å². The average Bonchev–Trinajstić information content (AvgIpc) is 2.20. The number of rotatable bonds is 4. The molecule has 0 aliphatic carbocycles. The van der Waals surface area contributed by atoms with Gasteiger partial charge in [0.1, 0.15) is 5.82 Å². The van der Waals surface area contributed by atoms with Gasteiger partial charge in [0.25, 0.3) is 0 Å². The van der Waals surface area contributed by atoms with Crippen molar-refractivity contribution in [3.8, 4) is 0 Å². The summed E-state index contributed by atoms with van der Waals surface area (Å²) in [5.41, 5.74) is 7.09. The van der Waals surface area contributed by atoms with Crippen LogP contribution in [0.5, 0.6) is 0 Å². The molecule has 0 bridgehead atoms. The average molecular weight is 239 g/mol. The Kier molecular flexibility index (Phi) is 4.23. The molecule has 0 radical (unpaired) electrons. The first kappa shape index (κ1) is 13.6. The summed E-state index contributed by atoms with van der Waals surface area (Å²) in [7, 11) is 0. The maximum Gasteiger partial charge on any atom is 0.308 e. The molecule has 0 aliphatic rings. The number of nitrogens with two attached hydrogens (primary N) is 1. The third kappa shape index (κ3) is 3.03. The first-order chi connectivity index (χ1) is 7.84. The fourth-order valence-corrected chi connectivity index (χ4v) is 1.94. The van der Waals surface area contributed by atoms with Crippen molar-refractivity contribution >= 4 is 5.97 Å². The minimum absolute atomic E-state index is 0.0761. The van der Waals surface area contributed by atoms with E-state index in [0.29, 0.717) is 11.1 Å². The number of hydrogen-bond acceptors (Lipinski definition) is 2. The summed E-state index contributed by atoms with van der Waals surface area (Å²) in [6.45, 7) is 5.26. The lowest BCUT2D eigenvalue weighted by Gasteiger charge is -2.24. The molecule has 0 aromatic heterocycles. The summed E-state index contributed by atoms with van der Waals surface area (Å²) in [6.07, 6.45) is 0.